The lowest BCUT2D eigenvalue weighted by Gasteiger charge is -2.30. The Balaban J connectivity index is 2.17. The molecule has 2 N–H and O–H groups in total. The molecule has 1 saturated heterocycles. The number of aromatic nitrogens is 2. The van der Waals surface area contributed by atoms with E-state index in [1.165, 1.54) is 6.33 Å². The van der Waals surface area contributed by atoms with Crippen LogP contribution in [-0.2, 0) is 4.79 Å². The molecule has 1 aliphatic rings. The van der Waals surface area contributed by atoms with Gasteiger partial charge in [-0.2, -0.15) is 0 Å². The lowest BCUT2D eigenvalue weighted by molar-refractivity contribution is -0.383. The molecule has 0 aromatic carbocycles. The van der Waals surface area contributed by atoms with Crippen LogP contribution in [0.25, 0.3) is 0 Å². The van der Waals surface area contributed by atoms with Crippen molar-refractivity contribution in [3.63, 3.8) is 0 Å². The molecule has 0 spiro atoms. The molecule has 0 amide bonds. The Labute approximate surface area is 140 Å². The predicted octanol–water partition coefficient (Wildman–Crippen LogP) is 2.14. The predicted molar refractivity (Wildman–Crippen MR) is 89.2 cm³/mol. The number of carboxylic acids is 1. The normalized spacial score (nSPS) is 15.5. The van der Waals surface area contributed by atoms with Crippen LogP contribution in [0.15, 0.2) is 6.33 Å². The van der Waals surface area contributed by atoms with E-state index in [1.807, 2.05) is 0 Å². The number of hydrogen-bond donors (Lipinski definition) is 2. The number of nitro groups is 1. The summed E-state index contributed by atoms with van der Waals surface area (Å²) in [7, 11) is 0. The molecule has 2 rings (SSSR count). The van der Waals surface area contributed by atoms with E-state index < -0.39 is 16.8 Å². The van der Waals surface area contributed by atoms with Gasteiger partial charge in [0.15, 0.2) is 0 Å². The number of carbonyl (C=O) groups is 1. The molecule has 2 heterocycles. The van der Waals surface area contributed by atoms with Crippen molar-refractivity contribution in [2.24, 2.45) is 11.8 Å². The third-order valence-electron chi connectivity index (χ3n) is 4.14. The highest BCUT2D eigenvalue weighted by Gasteiger charge is 2.31. The first kappa shape index (κ1) is 17.9. The molecule has 1 aliphatic heterocycles. The fraction of sp³-hybridized carbons (Fsp3) is 0.667. The van der Waals surface area contributed by atoms with E-state index in [9.17, 15) is 14.9 Å². The molecule has 24 heavy (non-hydrogen) atoms. The molecule has 0 saturated carbocycles. The summed E-state index contributed by atoms with van der Waals surface area (Å²) in [6, 6.07) is 0. The van der Waals surface area contributed by atoms with Gasteiger partial charge in [0.25, 0.3) is 0 Å². The smallest absolute Gasteiger partial charge is 0.353 e. The van der Waals surface area contributed by atoms with E-state index >= 15 is 0 Å². The van der Waals surface area contributed by atoms with Gasteiger partial charge in [0.05, 0.1) is 10.8 Å². The summed E-state index contributed by atoms with van der Waals surface area (Å²) in [6.07, 6.45) is 3.09. The minimum atomic E-state index is -0.817. The third kappa shape index (κ3) is 4.30. The van der Waals surface area contributed by atoms with Crippen molar-refractivity contribution in [3.8, 4) is 0 Å². The zero-order valence-corrected chi connectivity index (χ0v) is 13.9. The Bertz CT molecular complexity index is 600. The van der Waals surface area contributed by atoms with Crippen LogP contribution in [0.4, 0.5) is 17.3 Å². The monoisotopic (exact) mass is 337 g/mol. The van der Waals surface area contributed by atoms with Gasteiger partial charge in [0.1, 0.15) is 6.33 Å². The van der Waals surface area contributed by atoms with Gasteiger partial charge in [-0.1, -0.05) is 13.8 Å². The minimum absolute atomic E-state index is 0.143. The van der Waals surface area contributed by atoms with E-state index in [-0.39, 0.29) is 17.3 Å². The van der Waals surface area contributed by atoms with Crippen molar-refractivity contribution in [1.29, 1.82) is 0 Å². The maximum absolute atomic E-state index is 11.5. The number of hydrogen-bond acceptors (Lipinski definition) is 7. The highest BCUT2D eigenvalue weighted by atomic mass is 16.6. The van der Waals surface area contributed by atoms with Crippen molar-refractivity contribution in [1.82, 2.24) is 9.97 Å². The molecule has 0 aliphatic carbocycles. The number of rotatable bonds is 7. The molecule has 1 aromatic rings. The van der Waals surface area contributed by atoms with Crippen molar-refractivity contribution in [2.75, 3.05) is 29.9 Å². The van der Waals surface area contributed by atoms with E-state index in [2.05, 4.69) is 29.1 Å². The zero-order chi connectivity index (χ0) is 17.7. The van der Waals surface area contributed by atoms with E-state index in [1.54, 1.807) is 4.90 Å². The molecular formula is C15H23N5O4. The average molecular weight is 337 g/mol. The highest BCUT2D eigenvalue weighted by Crippen LogP contribution is 2.34. The first-order chi connectivity index (χ1) is 11.4. The van der Waals surface area contributed by atoms with Crippen LogP contribution in [0.1, 0.15) is 33.1 Å². The average Bonchev–Trinajstić information content (AvgIpc) is 2.54. The standard InChI is InChI=1S/C15H23N5O4/c1-10(2)3-6-16-13-12(20(23)24)14(18-9-17-13)19-7-4-11(5-8-19)15(21)22/h9-11H,3-8H2,1-2H3,(H,21,22)(H,16,17,18). The topological polar surface area (TPSA) is 121 Å². The lowest BCUT2D eigenvalue weighted by atomic mass is 9.97. The Morgan fingerprint density at radius 2 is 2.12 bits per heavy atom. The summed E-state index contributed by atoms with van der Waals surface area (Å²) < 4.78 is 0. The van der Waals surface area contributed by atoms with Gasteiger partial charge in [0, 0.05) is 19.6 Å². The largest absolute Gasteiger partial charge is 0.481 e. The second-order valence-corrected chi connectivity index (χ2v) is 6.36. The van der Waals surface area contributed by atoms with Crippen LogP contribution in [0, 0.1) is 22.0 Å². The number of nitrogens with zero attached hydrogens (tertiary/aromatic N) is 4. The van der Waals surface area contributed by atoms with E-state index in [0.717, 1.165) is 6.42 Å². The summed E-state index contributed by atoms with van der Waals surface area (Å²) >= 11 is 0. The molecule has 0 atom stereocenters. The van der Waals surface area contributed by atoms with Crippen LogP contribution >= 0.6 is 0 Å². The van der Waals surface area contributed by atoms with Gasteiger partial charge in [-0.15, -0.1) is 0 Å². The summed E-state index contributed by atoms with van der Waals surface area (Å²) in [6.45, 7) is 5.61. The van der Waals surface area contributed by atoms with Crippen LogP contribution in [0.5, 0.6) is 0 Å². The Morgan fingerprint density at radius 1 is 1.46 bits per heavy atom. The summed E-state index contributed by atoms with van der Waals surface area (Å²) in [5.74, 6) is -0.265. The minimum Gasteiger partial charge on any atom is -0.481 e. The van der Waals surface area contributed by atoms with Gasteiger partial charge in [-0.25, -0.2) is 9.97 Å². The molecule has 9 nitrogen and oxygen atoms in total. The van der Waals surface area contributed by atoms with Crippen molar-refractivity contribution >= 4 is 23.3 Å². The van der Waals surface area contributed by atoms with Gasteiger partial charge in [-0.3, -0.25) is 14.9 Å². The van der Waals surface area contributed by atoms with Crippen LogP contribution in [0.2, 0.25) is 0 Å². The molecule has 1 fully saturated rings. The quantitative estimate of drug-likeness (QED) is 0.573. The summed E-state index contributed by atoms with van der Waals surface area (Å²) in [5, 5.41) is 23.6. The second-order valence-electron chi connectivity index (χ2n) is 6.36. The van der Waals surface area contributed by atoms with Crippen molar-refractivity contribution in [3.05, 3.63) is 16.4 Å². The van der Waals surface area contributed by atoms with E-state index in [4.69, 9.17) is 5.11 Å². The summed E-state index contributed by atoms with van der Waals surface area (Å²) in [4.78, 5) is 31.9. The zero-order valence-electron chi connectivity index (χ0n) is 13.9. The fourth-order valence-electron chi connectivity index (χ4n) is 2.72. The Morgan fingerprint density at radius 3 is 2.67 bits per heavy atom. The van der Waals surface area contributed by atoms with Crippen molar-refractivity contribution in [2.45, 2.75) is 33.1 Å². The van der Waals surface area contributed by atoms with Crippen LogP contribution in [0.3, 0.4) is 0 Å². The number of nitrogens with one attached hydrogen (secondary N) is 1. The van der Waals surface area contributed by atoms with Crippen LogP contribution in [-0.4, -0.2) is 45.6 Å². The molecular weight excluding hydrogens is 314 g/mol. The molecule has 132 valence electrons. The molecule has 0 radical (unpaired) electrons. The molecule has 1 aromatic heterocycles. The Hall–Kier alpha value is -2.45. The number of aliphatic carboxylic acids is 1. The molecule has 9 heteroatoms. The molecule has 0 bridgehead atoms. The SMILES string of the molecule is CC(C)CCNc1ncnc(N2CCC(C(=O)O)CC2)c1[N+](=O)[O-]. The maximum Gasteiger partial charge on any atom is 0.353 e. The number of anilines is 2. The summed E-state index contributed by atoms with van der Waals surface area (Å²) in [5.41, 5.74) is -0.143. The van der Waals surface area contributed by atoms with Gasteiger partial charge < -0.3 is 15.3 Å². The second kappa shape index (κ2) is 7.89. The van der Waals surface area contributed by atoms with Gasteiger partial charge >= 0.3 is 11.7 Å². The van der Waals surface area contributed by atoms with Crippen molar-refractivity contribution < 1.29 is 14.8 Å². The van der Waals surface area contributed by atoms with Gasteiger partial charge in [0.2, 0.25) is 11.6 Å². The maximum atomic E-state index is 11.5. The first-order valence-electron chi connectivity index (χ1n) is 8.11. The third-order valence-corrected chi connectivity index (χ3v) is 4.14. The first-order valence-corrected chi connectivity index (χ1v) is 8.11. The number of piperidine rings is 1. The highest BCUT2D eigenvalue weighted by molar-refractivity contribution is 5.72. The van der Waals surface area contributed by atoms with Gasteiger partial charge in [-0.05, 0) is 25.2 Å². The number of carboxylic acid groups (broad SMARTS) is 1. The van der Waals surface area contributed by atoms with Crippen LogP contribution < -0.4 is 10.2 Å². The van der Waals surface area contributed by atoms with E-state index in [0.29, 0.717) is 38.4 Å². The lowest BCUT2D eigenvalue weighted by Crippen LogP contribution is -2.37. The fourth-order valence-corrected chi connectivity index (χ4v) is 2.72. The molecule has 0 unspecified atom stereocenters. The Kier molecular flexibility index (Phi) is 5.88.